The molecular weight excluding hydrogens is 320 g/mol. The Kier molecular flexibility index (Phi) is 4.08. The Hall–Kier alpha value is -2.20. The van der Waals surface area contributed by atoms with E-state index in [1.807, 2.05) is 6.07 Å². The smallest absolute Gasteiger partial charge is 0.213 e. The lowest BCUT2D eigenvalue weighted by molar-refractivity contribution is -0.195. The summed E-state index contributed by atoms with van der Waals surface area (Å²) >= 11 is 0. The van der Waals surface area contributed by atoms with Crippen molar-refractivity contribution in [1.29, 1.82) is 0 Å². The van der Waals surface area contributed by atoms with E-state index in [0.717, 1.165) is 11.1 Å². The maximum Gasteiger partial charge on any atom is 0.213 e. The molecule has 6 heteroatoms. The van der Waals surface area contributed by atoms with Gasteiger partial charge in [-0.15, -0.1) is 0 Å². The van der Waals surface area contributed by atoms with Gasteiger partial charge in [-0.1, -0.05) is 11.8 Å². The third-order valence-corrected chi connectivity index (χ3v) is 4.85. The second-order valence-corrected chi connectivity index (χ2v) is 6.47. The minimum atomic E-state index is -1.03. The van der Waals surface area contributed by atoms with Crippen LogP contribution >= 0.6 is 0 Å². The summed E-state index contributed by atoms with van der Waals surface area (Å²) in [6, 6.07) is 5.42. The van der Waals surface area contributed by atoms with Crippen molar-refractivity contribution in [3.05, 3.63) is 30.0 Å². The minimum absolute atomic E-state index is 0.508. The monoisotopic (exact) mass is 340 g/mol. The van der Waals surface area contributed by atoms with E-state index >= 15 is 0 Å². The number of fused-ring (bicyclic) bond motifs is 1. The lowest BCUT2D eigenvalue weighted by Crippen LogP contribution is -2.42. The van der Waals surface area contributed by atoms with Crippen LogP contribution < -0.4 is 4.74 Å². The van der Waals surface area contributed by atoms with Crippen LogP contribution in [0, 0.1) is 11.8 Å². The maximum atomic E-state index is 10.8. The molecule has 1 N–H and O–H groups in total. The SMILES string of the molecule is COc1ccc2nccc(C#CC3(O)CCC4(CC3)OCCO4)c2n1. The standard InChI is InChI=1S/C19H20N2O4/c1-23-16-3-2-15-17(21-16)14(5-11-20-15)4-6-18(22)7-9-19(10-8-18)24-12-13-25-19/h2-3,5,11,22H,7-10,12-13H2,1H3. The first kappa shape index (κ1) is 16.3. The number of pyridine rings is 2. The fourth-order valence-corrected chi connectivity index (χ4v) is 3.36. The van der Waals surface area contributed by atoms with Gasteiger partial charge in [0.05, 0.1) is 31.4 Å². The first-order valence-corrected chi connectivity index (χ1v) is 8.45. The number of aliphatic hydroxyl groups is 1. The van der Waals surface area contributed by atoms with E-state index in [1.165, 1.54) is 0 Å². The van der Waals surface area contributed by atoms with Gasteiger partial charge in [0.2, 0.25) is 5.88 Å². The Balaban J connectivity index is 1.59. The molecule has 2 aliphatic rings. The number of rotatable bonds is 1. The van der Waals surface area contributed by atoms with Crippen molar-refractivity contribution in [2.45, 2.75) is 37.1 Å². The average molecular weight is 340 g/mol. The molecule has 1 spiro atoms. The molecule has 0 aromatic carbocycles. The van der Waals surface area contributed by atoms with E-state index in [2.05, 4.69) is 21.8 Å². The van der Waals surface area contributed by atoms with Gasteiger partial charge >= 0.3 is 0 Å². The Morgan fingerprint density at radius 1 is 1.12 bits per heavy atom. The van der Waals surface area contributed by atoms with Crippen molar-refractivity contribution in [1.82, 2.24) is 9.97 Å². The number of aromatic nitrogens is 2. The van der Waals surface area contributed by atoms with E-state index < -0.39 is 11.4 Å². The largest absolute Gasteiger partial charge is 0.481 e. The molecule has 25 heavy (non-hydrogen) atoms. The lowest BCUT2D eigenvalue weighted by Gasteiger charge is -2.37. The van der Waals surface area contributed by atoms with Gasteiger partial charge in [0.15, 0.2) is 5.79 Å². The molecule has 0 amide bonds. The topological polar surface area (TPSA) is 73.7 Å². The van der Waals surface area contributed by atoms with Crippen molar-refractivity contribution in [3.63, 3.8) is 0 Å². The summed E-state index contributed by atoms with van der Waals surface area (Å²) in [5.41, 5.74) is 1.11. The fraction of sp³-hybridized carbons (Fsp3) is 0.474. The van der Waals surface area contributed by atoms with Gasteiger partial charge in [0, 0.05) is 25.1 Å². The molecule has 1 saturated carbocycles. The summed E-state index contributed by atoms with van der Waals surface area (Å²) in [4.78, 5) is 8.73. The van der Waals surface area contributed by atoms with Gasteiger partial charge in [0.25, 0.3) is 0 Å². The summed E-state index contributed by atoms with van der Waals surface area (Å²) in [6.07, 6.45) is 4.06. The maximum absolute atomic E-state index is 10.8. The molecule has 0 radical (unpaired) electrons. The van der Waals surface area contributed by atoms with Crippen molar-refractivity contribution < 1.29 is 19.3 Å². The van der Waals surface area contributed by atoms with E-state index in [9.17, 15) is 5.11 Å². The van der Waals surface area contributed by atoms with Crippen LogP contribution in [0.5, 0.6) is 5.88 Å². The molecule has 1 aliphatic carbocycles. The predicted molar refractivity (Wildman–Crippen MR) is 91.0 cm³/mol. The molecule has 0 bridgehead atoms. The highest BCUT2D eigenvalue weighted by atomic mass is 16.7. The summed E-state index contributed by atoms with van der Waals surface area (Å²) in [5, 5.41) is 10.8. The molecule has 2 aromatic rings. The van der Waals surface area contributed by atoms with Crippen LogP contribution in [-0.4, -0.2) is 46.8 Å². The average Bonchev–Trinajstić information content (AvgIpc) is 3.11. The van der Waals surface area contributed by atoms with Crippen LogP contribution in [-0.2, 0) is 9.47 Å². The minimum Gasteiger partial charge on any atom is -0.481 e. The van der Waals surface area contributed by atoms with Crippen molar-refractivity contribution in [2.75, 3.05) is 20.3 Å². The molecule has 0 atom stereocenters. The Morgan fingerprint density at radius 2 is 1.88 bits per heavy atom. The number of hydrogen-bond acceptors (Lipinski definition) is 6. The van der Waals surface area contributed by atoms with Gasteiger partial charge < -0.3 is 19.3 Å². The van der Waals surface area contributed by atoms with E-state index in [-0.39, 0.29) is 0 Å². The highest BCUT2D eigenvalue weighted by molar-refractivity contribution is 5.81. The normalized spacial score (nSPS) is 21.0. The van der Waals surface area contributed by atoms with Gasteiger partial charge in [-0.25, -0.2) is 4.98 Å². The molecule has 2 fully saturated rings. The zero-order valence-electron chi connectivity index (χ0n) is 14.1. The number of ether oxygens (including phenoxy) is 3. The molecule has 1 saturated heterocycles. The highest BCUT2D eigenvalue weighted by Gasteiger charge is 2.44. The first-order chi connectivity index (χ1) is 12.1. The predicted octanol–water partition coefficient (Wildman–Crippen LogP) is 2.04. The second kappa shape index (κ2) is 6.26. The second-order valence-electron chi connectivity index (χ2n) is 6.47. The quantitative estimate of drug-likeness (QED) is 0.801. The molecule has 2 aromatic heterocycles. The molecule has 130 valence electrons. The fourth-order valence-electron chi connectivity index (χ4n) is 3.36. The van der Waals surface area contributed by atoms with E-state index in [4.69, 9.17) is 14.2 Å². The van der Waals surface area contributed by atoms with Gasteiger partial charge in [0.1, 0.15) is 11.1 Å². The Labute approximate surface area is 146 Å². The van der Waals surface area contributed by atoms with Crippen LogP contribution in [0.2, 0.25) is 0 Å². The number of nitrogens with zero attached hydrogens (tertiary/aromatic N) is 2. The van der Waals surface area contributed by atoms with Crippen molar-refractivity contribution in [3.8, 4) is 17.7 Å². The molecule has 4 rings (SSSR count). The summed E-state index contributed by atoms with van der Waals surface area (Å²) in [5.74, 6) is 6.13. The van der Waals surface area contributed by atoms with E-state index in [0.29, 0.717) is 50.3 Å². The number of methoxy groups -OCH3 is 1. The molecule has 1 aliphatic heterocycles. The third kappa shape index (κ3) is 3.19. The van der Waals surface area contributed by atoms with Gasteiger partial charge in [-0.2, -0.15) is 0 Å². The number of hydrogen-bond donors (Lipinski definition) is 1. The zero-order chi connectivity index (χ0) is 17.3. The highest BCUT2D eigenvalue weighted by Crippen LogP contribution is 2.40. The molecule has 6 nitrogen and oxygen atoms in total. The van der Waals surface area contributed by atoms with Gasteiger partial charge in [-0.05, 0) is 25.0 Å². The van der Waals surface area contributed by atoms with Crippen LogP contribution in [0.15, 0.2) is 24.4 Å². The van der Waals surface area contributed by atoms with Gasteiger partial charge in [-0.3, -0.25) is 4.98 Å². The van der Waals surface area contributed by atoms with Crippen LogP contribution in [0.25, 0.3) is 11.0 Å². The Morgan fingerprint density at radius 3 is 2.60 bits per heavy atom. The molecule has 3 heterocycles. The molecule has 0 unspecified atom stereocenters. The zero-order valence-corrected chi connectivity index (χ0v) is 14.1. The van der Waals surface area contributed by atoms with Crippen LogP contribution in [0.3, 0.4) is 0 Å². The third-order valence-electron chi connectivity index (χ3n) is 4.85. The van der Waals surface area contributed by atoms with Crippen LogP contribution in [0.1, 0.15) is 31.2 Å². The summed E-state index contributed by atoms with van der Waals surface area (Å²) < 4.78 is 16.6. The summed E-state index contributed by atoms with van der Waals surface area (Å²) in [7, 11) is 1.57. The first-order valence-electron chi connectivity index (χ1n) is 8.45. The van der Waals surface area contributed by atoms with Crippen molar-refractivity contribution >= 4 is 11.0 Å². The van der Waals surface area contributed by atoms with Crippen LogP contribution in [0.4, 0.5) is 0 Å². The molecular formula is C19H20N2O4. The summed E-state index contributed by atoms with van der Waals surface area (Å²) in [6.45, 7) is 1.25. The van der Waals surface area contributed by atoms with E-state index in [1.54, 1.807) is 25.4 Å². The van der Waals surface area contributed by atoms with Crippen molar-refractivity contribution in [2.24, 2.45) is 0 Å². The lowest BCUT2D eigenvalue weighted by atomic mass is 9.81. The Bertz CT molecular complexity index is 839.